The molecule has 1 rings (SSSR count). The zero-order valence-corrected chi connectivity index (χ0v) is 14.1. The molecule has 0 saturated heterocycles. The highest BCUT2D eigenvalue weighted by atomic mass is 15.3. The van der Waals surface area contributed by atoms with Gasteiger partial charge in [-0.3, -0.25) is 4.68 Å². The van der Waals surface area contributed by atoms with Crippen molar-refractivity contribution in [2.24, 2.45) is 11.8 Å². The van der Waals surface area contributed by atoms with Crippen LogP contribution in [0.4, 0.5) is 0 Å². The Balaban J connectivity index is 2.50. The number of aryl methyl sites for hydroxylation is 1. The summed E-state index contributed by atoms with van der Waals surface area (Å²) >= 11 is 0. The zero-order valence-electron chi connectivity index (χ0n) is 14.1. The number of hydrogen-bond acceptors (Lipinski definition) is 2. The summed E-state index contributed by atoms with van der Waals surface area (Å²) in [5.41, 5.74) is 2.52. The maximum atomic E-state index is 4.68. The molecule has 1 unspecified atom stereocenters. The van der Waals surface area contributed by atoms with Gasteiger partial charge in [0.25, 0.3) is 0 Å². The summed E-state index contributed by atoms with van der Waals surface area (Å²) < 4.78 is 2.16. The maximum Gasteiger partial charge on any atom is 0.0638 e. The Kier molecular flexibility index (Phi) is 7.90. The van der Waals surface area contributed by atoms with Gasteiger partial charge in [-0.05, 0) is 31.7 Å². The summed E-state index contributed by atoms with van der Waals surface area (Å²) in [7, 11) is 0. The molecule has 0 aliphatic rings. The van der Waals surface area contributed by atoms with Crippen LogP contribution >= 0.6 is 0 Å². The Hall–Kier alpha value is -0.830. The van der Waals surface area contributed by atoms with E-state index in [0.29, 0.717) is 5.92 Å². The number of nitrogens with one attached hydrogen (secondary N) is 1. The second kappa shape index (κ2) is 9.17. The average Bonchev–Trinajstić information content (AvgIpc) is 2.74. The van der Waals surface area contributed by atoms with E-state index in [4.69, 9.17) is 0 Å². The highest BCUT2D eigenvalue weighted by molar-refractivity contribution is 5.15. The van der Waals surface area contributed by atoms with Crippen LogP contribution < -0.4 is 5.32 Å². The SMILES string of the molecule is CCCCC(CC)Cn1cc(CNCC(C)C)c(C)n1. The average molecular weight is 279 g/mol. The molecule has 1 heterocycles. The van der Waals surface area contributed by atoms with Crippen molar-refractivity contribution in [2.45, 2.75) is 73.4 Å². The predicted molar refractivity (Wildman–Crippen MR) is 86.8 cm³/mol. The molecule has 1 N–H and O–H groups in total. The van der Waals surface area contributed by atoms with Crippen molar-refractivity contribution < 1.29 is 0 Å². The fraction of sp³-hybridized carbons (Fsp3) is 0.824. The third kappa shape index (κ3) is 6.08. The molecule has 116 valence electrons. The van der Waals surface area contributed by atoms with E-state index in [2.05, 4.69) is 55.9 Å². The fourth-order valence-electron chi connectivity index (χ4n) is 2.50. The van der Waals surface area contributed by atoms with E-state index in [9.17, 15) is 0 Å². The van der Waals surface area contributed by atoms with Crippen LogP contribution in [0.5, 0.6) is 0 Å². The van der Waals surface area contributed by atoms with E-state index < -0.39 is 0 Å². The summed E-state index contributed by atoms with van der Waals surface area (Å²) in [4.78, 5) is 0. The Bertz CT molecular complexity index is 368. The van der Waals surface area contributed by atoms with E-state index in [1.54, 1.807) is 0 Å². The van der Waals surface area contributed by atoms with E-state index in [1.165, 1.54) is 36.9 Å². The molecular formula is C17H33N3. The van der Waals surface area contributed by atoms with Gasteiger partial charge in [-0.25, -0.2) is 0 Å². The molecule has 0 spiro atoms. The van der Waals surface area contributed by atoms with Crippen LogP contribution in [0.25, 0.3) is 0 Å². The van der Waals surface area contributed by atoms with Gasteiger partial charge in [0.2, 0.25) is 0 Å². The van der Waals surface area contributed by atoms with E-state index in [-0.39, 0.29) is 0 Å². The smallest absolute Gasteiger partial charge is 0.0638 e. The first-order valence-electron chi connectivity index (χ1n) is 8.30. The van der Waals surface area contributed by atoms with Crippen molar-refractivity contribution >= 4 is 0 Å². The highest BCUT2D eigenvalue weighted by Crippen LogP contribution is 2.16. The maximum absolute atomic E-state index is 4.68. The summed E-state index contributed by atoms with van der Waals surface area (Å²) in [5, 5.41) is 8.18. The number of nitrogens with zero attached hydrogens (tertiary/aromatic N) is 2. The molecule has 20 heavy (non-hydrogen) atoms. The van der Waals surface area contributed by atoms with Gasteiger partial charge in [0, 0.05) is 24.8 Å². The van der Waals surface area contributed by atoms with Gasteiger partial charge in [0.15, 0.2) is 0 Å². The Morgan fingerprint density at radius 1 is 1.30 bits per heavy atom. The minimum absolute atomic E-state index is 0.698. The summed E-state index contributed by atoms with van der Waals surface area (Å²) in [6.07, 6.45) is 7.44. The molecule has 0 fully saturated rings. The lowest BCUT2D eigenvalue weighted by molar-refractivity contribution is 0.371. The second-order valence-corrected chi connectivity index (χ2v) is 6.40. The molecule has 1 atom stereocenters. The Morgan fingerprint density at radius 2 is 2.05 bits per heavy atom. The molecule has 0 aromatic carbocycles. The van der Waals surface area contributed by atoms with Crippen molar-refractivity contribution in [3.05, 3.63) is 17.5 Å². The van der Waals surface area contributed by atoms with Crippen LogP contribution in [-0.2, 0) is 13.1 Å². The number of unbranched alkanes of at least 4 members (excludes halogenated alkanes) is 1. The number of hydrogen-bond donors (Lipinski definition) is 1. The lowest BCUT2D eigenvalue weighted by Gasteiger charge is -2.14. The normalized spacial score (nSPS) is 13.1. The van der Waals surface area contributed by atoms with E-state index >= 15 is 0 Å². The van der Waals surface area contributed by atoms with E-state index in [1.807, 2.05) is 0 Å². The van der Waals surface area contributed by atoms with Crippen LogP contribution in [0.2, 0.25) is 0 Å². The van der Waals surface area contributed by atoms with Crippen LogP contribution in [0.1, 0.15) is 64.6 Å². The Morgan fingerprint density at radius 3 is 2.65 bits per heavy atom. The molecule has 0 bridgehead atoms. The standard InChI is InChI=1S/C17H33N3/c1-6-8-9-16(7-2)12-20-13-17(15(5)19-20)11-18-10-14(3)4/h13-14,16,18H,6-12H2,1-5H3. The zero-order chi connectivity index (χ0) is 15.0. The first-order chi connectivity index (χ1) is 9.56. The van der Waals surface area contributed by atoms with Crippen molar-refractivity contribution in [1.29, 1.82) is 0 Å². The molecule has 0 amide bonds. The molecule has 3 nitrogen and oxygen atoms in total. The molecule has 1 aromatic rings. The summed E-state index contributed by atoms with van der Waals surface area (Å²) in [6, 6.07) is 0. The molecule has 0 aliphatic carbocycles. The monoisotopic (exact) mass is 279 g/mol. The van der Waals surface area contributed by atoms with Gasteiger partial charge in [-0.15, -0.1) is 0 Å². The van der Waals surface area contributed by atoms with E-state index in [0.717, 1.165) is 25.6 Å². The fourth-order valence-corrected chi connectivity index (χ4v) is 2.50. The van der Waals surface area contributed by atoms with Crippen LogP contribution in [0, 0.1) is 18.8 Å². The van der Waals surface area contributed by atoms with Crippen molar-refractivity contribution in [3.63, 3.8) is 0 Å². The van der Waals surface area contributed by atoms with Gasteiger partial charge in [-0.1, -0.05) is 47.0 Å². The quantitative estimate of drug-likeness (QED) is 0.697. The first kappa shape index (κ1) is 17.2. The van der Waals surface area contributed by atoms with Gasteiger partial charge >= 0.3 is 0 Å². The molecule has 1 aromatic heterocycles. The highest BCUT2D eigenvalue weighted by Gasteiger charge is 2.10. The molecule has 0 aliphatic heterocycles. The Labute approximate surface area is 125 Å². The predicted octanol–water partition coefficient (Wildman–Crippen LogP) is 4.15. The second-order valence-electron chi connectivity index (χ2n) is 6.40. The summed E-state index contributed by atoms with van der Waals surface area (Å²) in [5.74, 6) is 1.47. The topological polar surface area (TPSA) is 29.9 Å². The van der Waals surface area contributed by atoms with Crippen LogP contribution in [-0.4, -0.2) is 16.3 Å². The minimum Gasteiger partial charge on any atom is -0.312 e. The lowest BCUT2D eigenvalue weighted by Crippen LogP contribution is -2.19. The first-order valence-corrected chi connectivity index (χ1v) is 8.30. The molecule has 0 saturated carbocycles. The largest absolute Gasteiger partial charge is 0.312 e. The summed E-state index contributed by atoms with van der Waals surface area (Å²) in [6.45, 7) is 14.2. The molecular weight excluding hydrogens is 246 g/mol. The van der Waals surface area contributed by atoms with Crippen molar-refractivity contribution in [3.8, 4) is 0 Å². The third-order valence-electron chi connectivity index (χ3n) is 3.90. The van der Waals surface area contributed by atoms with Gasteiger partial charge in [-0.2, -0.15) is 5.10 Å². The van der Waals surface area contributed by atoms with Crippen molar-refractivity contribution in [2.75, 3.05) is 6.54 Å². The lowest BCUT2D eigenvalue weighted by atomic mass is 9.99. The van der Waals surface area contributed by atoms with Crippen LogP contribution in [0.3, 0.4) is 0 Å². The van der Waals surface area contributed by atoms with Gasteiger partial charge < -0.3 is 5.32 Å². The van der Waals surface area contributed by atoms with Gasteiger partial charge in [0.05, 0.1) is 5.69 Å². The minimum atomic E-state index is 0.698. The van der Waals surface area contributed by atoms with Crippen LogP contribution in [0.15, 0.2) is 6.20 Å². The molecule has 0 radical (unpaired) electrons. The number of aromatic nitrogens is 2. The van der Waals surface area contributed by atoms with Crippen molar-refractivity contribution in [1.82, 2.24) is 15.1 Å². The number of rotatable bonds is 10. The third-order valence-corrected chi connectivity index (χ3v) is 3.90. The molecule has 3 heteroatoms. The van der Waals surface area contributed by atoms with Gasteiger partial charge in [0.1, 0.15) is 0 Å².